The van der Waals surface area contributed by atoms with Crippen LogP contribution in [0, 0.1) is 11.8 Å². The molecule has 3 unspecified atom stereocenters. The first-order valence-electron chi connectivity index (χ1n) is 7.98. The van der Waals surface area contributed by atoms with Crippen LogP contribution in [0.5, 0.6) is 0 Å². The zero-order valence-corrected chi connectivity index (χ0v) is 14.0. The Morgan fingerprint density at radius 2 is 2.10 bits per heavy atom. The summed E-state index contributed by atoms with van der Waals surface area (Å²) in [5.41, 5.74) is 2.25. The van der Waals surface area contributed by atoms with Crippen LogP contribution in [0.2, 0.25) is 5.02 Å². The Morgan fingerprint density at radius 3 is 2.65 bits per heavy atom. The van der Waals surface area contributed by atoms with E-state index in [1.54, 1.807) is 0 Å². The minimum Gasteiger partial charge on any atom is -0.317 e. The number of aryl methyl sites for hydroxylation is 2. The highest BCUT2D eigenvalue weighted by molar-refractivity contribution is 6.31. The van der Waals surface area contributed by atoms with Crippen LogP contribution in [-0.4, -0.2) is 22.9 Å². The Balaban J connectivity index is 2.16. The quantitative estimate of drug-likeness (QED) is 0.900. The first-order chi connectivity index (χ1) is 9.60. The molecular formula is C16H28ClN3. The standard InChI is InChI=1S/C16H28ClN3/c1-5-11-7-8-14(18-3)12(9-11)10-15-16(17)13(6-2)19-20(15)4/h11-12,14,18H,5-10H2,1-4H3. The second kappa shape index (κ2) is 6.95. The number of nitrogens with one attached hydrogen (secondary N) is 1. The van der Waals surface area contributed by atoms with Crippen molar-refractivity contribution in [2.75, 3.05) is 7.05 Å². The third-order valence-electron chi connectivity index (χ3n) is 5.00. The summed E-state index contributed by atoms with van der Waals surface area (Å²) in [5.74, 6) is 1.55. The Bertz CT molecular complexity index is 441. The van der Waals surface area contributed by atoms with Gasteiger partial charge < -0.3 is 5.32 Å². The third-order valence-corrected chi connectivity index (χ3v) is 5.43. The molecule has 0 radical (unpaired) electrons. The molecule has 1 aliphatic rings. The van der Waals surface area contributed by atoms with E-state index < -0.39 is 0 Å². The summed E-state index contributed by atoms with van der Waals surface area (Å²) < 4.78 is 1.99. The maximum Gasteiger partial charge on any atom is 0.0849 e. The van der Waals surface area contributed by atoms with Gasteiger partial charge in [0.2, 0.25) is 0 Å². The lowest BCUT2D eigenvalue weighted by Gasteiger charge is -2.36. The molecule has 1 aliphatic carbocycles. The van der Waals surface area contributed by atoms with Crippen LogP contribution in [0.3, 0.4) is 0 Å². The van der Waals surface area contributed by atoms with Crippen molar-refractivity contribution >= 4 is 11.6 Å². The van der Waals surface area contributed by atoms with Crippen molar-refractivity contribution in [3.05, 3.63) is 16.4 Å². The second-order valence-corrected chi connectivity index (χ2v) is 6.51. The lowest BCUT2D eigenvalue weighted by Crippen LogP contribution is -2.40. The van der Waals surface area contributed by atoms with Gasteiger partial charge in [-0.2, -0.15) is 5.10 Å². The van der Waals surface area contributed by atoms with Gasteiger partial charge in [-0.15, -0.1) is 0 Å². The molecule has 20 heavy (non-hydrogen) atoms. The molecule has 0 spiro atoms. The Labute approximate surface area is 128 Å². The third kappa shape index (κ3) is 3.20. The molecular weight excluding hydrogens is 270 g/mol. The van der Waals surface area contributed by atoms with Crippen LogP contribution in [0.15, 0.2) is 0 Å². The van der Waals surface area contributed by atoms with Crippen LogP contribution >= 0.6 is 11.6 Å². The molecule has 1 N–H and O–H groups in total. The normalized spacial score (nSPS) is 26.9. The number of nitrogens with zero attached hydrogens (tertiary/aromatic N) is 2. The lowest BCUT2D eigenvalue weighted by atomic mass is 9.75. The van der Waals surface area contributed by atoms with E-state index in [4.69, 9.17) is 11.6 Å². The molecule has 0 amide bonds. The first kappa shape index (κ1) is 15.8. The lowest BCUT2D eigenvalue weighted by molar-refractivity contribution is 0.203. The minimum atomic E-state index is 0.619. The highest BCUT2D eigenvalue weighted by Gasteiger charge is 2.30. The molecule has 0 bridgehead atoms. The molecule has 2 rings (SSSR count). The van der Waals surface area contributed by atoms with Gasteiger partial charge in [0, 0.05) is 13.1 Å². The first-order valence-corrected chi connectivity index (χ1v) is 8.35. The molecule has 0 aliphatic heterocycles. The van der Waals surface area contributed by atoms with Gasteiger partial charge in [0.25, 0.3) is 0 Å². The number of rotatable bonds is 5. The van der Waals surface area contributed by atoms with Crippen molar-refractivity contribution < 1.29 is 0 Å². The zero-order chi connectivity index (χ0) is 14.7. The van der Waals surface area contributed by atoms with E-state index in [2.05, 4.69) is 31.3 Å². The van der Waals surface area contributed by atoms with Gasteiger partial charge >= 0.3 is 0 Å². The van der Waals surface area contributed by atoms with Gasteiger partial charge in [-0.25, -0.2) is 0 Å². The fourth-order valence-electron chi connectivity index (χ4n) is 3.63. The smallest absolute Gasteiger partial charge is 0.0849 e. The van der Waals surface area contributed by atoms with Gasteiger partial charge in [-0.05, 0) is 51.0 Å². The van der Waals surface area contributed by atoms with E-state index in [-0.39, 0.29) is 0 Å². The molecule has 1 aromatic rings. The maximum absolute atomic E-state index is 6.51. The molecule has 1 aromatic heterocycles. The SMILES string of the molecule is CCc1nn(C)c(CC2CC(CC)CCC2NC)c1Cl. The minimum absolute atomic E-state index is 0.619. The molecule has 1 saturated carbocycles. The van der Waals surface area contributed by atoms with E-state index in [1.165, 1.54) is 31.4 Å². The molecule has 0 saturated heterocycles. The highest BCUT2D eigenvalue weighted by Crippen LogP contribution is 2.35. The van der Waals surface area contributed by atoms with E-state index in [0.717, 1.165) is 29.5 Å². The van der Waals surface area contributed by atoms with Crippen molar-refractivity contribution in [3.8, 4) is 0 Å². The topological polar surface area (TPSA) is 29.9 Å². The summed E-state index contributed by atoms with van der Waals surface area (Å²) in [6.45, 7) is 4.43. The second-order valence-electron chi connectivity index (χ2n) is 6.13. The van der Waals surface area contributed by atoms with Crippen LogP contribution in [0.4, 0.5) is 0 Å². The molecule has 3 nitrogen and oxygen atoms in total. The Kier molecular flexibility index (Phi) is 5.50. The summed E-state index contributed by atoms with van der Waals surface area (Å²) in [6, 6.07) is 0.619. The van der Waals surface area contributed by atoms with Gasteiger partial charge in [-0.1, -0.05) is 31.9 Å². The molecule has 4 heteroatoms. The number of hydrogen-bond acceptors (Lipinski definition) is 2. The van der Waals surface area contributed by atoms with Gasteiger partial charge in [-0.3, -0.25) is 4.68 Å². The summed E-state index contributed by atoms with van der Waals surface area (Å²) in [6.07, 6.45) is 7.21. The molecule has 0 aromatic carbocycles. The molecule has 1 heterocycles. The van der Waals surface area contributed by atoms with Crippen LogP contribution in [-0.2, 0) is 19.9 Å². The van der Waals surface area contributed by atoms with Crippen molar-refractivity contribution in [2.45, 2.75) is 58.4 Å². The zero-order valence-electron chi connectivity index (χ0n) is 13.2. The molecule has 114 valence electrons. The summed E-state index contributed by atoms with van der Waals surface area (Å²) in [7, 11) is 4.11. The number of aromatic nitrogens is 2. The van der Waals surface area contributed by atoms with E-state index in [1.807, 2.05) is 11.7 Å². The van der Waals surface area contributed by atoms with E-state index in [0.29, 0.717) is 12.0 Å². The average Bonchev–Trinajstić information content (AvgIpc) is 2.74. The van der Waals surface area contributed by atoms with Crippen LogP contribution in [0.1, 0.15) is 50.9 Å². The van der Waals surface area contributed by atoms with Crippen molar-refractivity contribution in [1.29, 1.82) is 0 Å². The summed E-state index contributed by atoms with van der Waals surface area (Å²) >= 11 is 6.51. The Hall–Kier alpha value is -0.540. The van der Waals surface area contributed by atoms with Crippen LogP contribution < -0.4 is 5.32 Å². The van der Waals surface area contributed by atoms with Gasteiger partial charge in [0.15, 0.2) is 0 Å². The van der Waals surface area contributed by atoms with Crippen molar-refractivity contribution in [2.24, 2.45) is 18.9 Å². The number of halogens is 1. The summed E-state index contributed by atoms with van der Waals surface area (Å²) in [5, 5.41) is 8.95. The maximum atomic E-state index is 6.51. The fraction of sp³-hybridized carbons (Fsp3) is 0.812. The van der Waals surface area contributed by atoms with E-state index in [9.17, 15) is 0 Å². The van der Waals surface area contributed by atoms with Crippen LogP contribution in [0.25, 0.3) is 0 Å². The van der Waals surface area contributed by atoms with Crippen molar-refractivity contribution in [3.63, 3.8) is 0 Å². The Morgan fingerprint density at radius 1 is 1.35 bits per heavy atom. The predicted octanol–water partition coefficient (Wildman–Crippen LogP) is 3.59. The average molecular weight is 298 g/mol. The van der Waals surface area contributed by atoms with E-state index >= 15 is 0 Å². The molecule has 1 fully saturated rings. The van der Waals surface area contributed by atoms with Gasteiger partial charge in [0.1, 0.15) is 0 Å². The monoisotopic (exact) mass is 297 g/mol. The van der Waals surface area contributed by atoms with Gasteiger partial charge in [0.05, 0.1) is 16.4 Å². The molecule has 3 atom stereocenters. The van der Waals surface area contributed by atoms with Crippen molar-refractivity contribution in [1.82, 2.24) is 15.1 Å². The fourth-order valence-corrected chi connectivity index (χ4v) is 4.00. The summed E-state index contributed by atoms with van der Waals surface area (Å²) in [4.78, 5) is 0. The predicted molar refractivity (Wildman–Crippen MR) is 85.3 cm³/mol. The number of hydrogen-bond donors (Lipinski definition) is 1. The highest BCUT2D eigenvalue weighted by atomic mass is 35.5. The largest absolute Gasteiger partial charge is 0.317 e.